The van der Waals surface area contributed by atoms with Crippen molar-refractivity contribution in [2.24, 2.45) is 17.8 Å². The highest BCUT2D eigenvalue weighted by atomic mass is 16.4. The standard InChI is InChI=1S/C24H33NO7/c1-3-8-25-23(30)18-10-15(11-26)21(19(13-28)22(18)24(25)31)20(29)7-4-14(2)9-16-5-6-17(12-27)32-16/h5-6,9,18-20,22,26-29H,3-4,7-8,10-13H2,1-2H3/b14-9+/t18-,19+,20-,22-/m1/s1. The maximum absolute atomic E-state index is 13.0. The van der Waals surface area contributed by atoms with Gasteiger partial charge in [0.15, 0.2) is 0 Å². The molecule has 1 saturated heterocycles. The Hall–Kier alpha value is -2.26. The Bertz CT molecular complexity index is 900. The minimum atomic E-state index is -0.952. The van der Waals surface area contributed by atoms with Gasteiger partial charge in [0, 0.05) is 12.5 Å². The highest BCUT2D eigenvalue weighted by Crippen LogP contribution is 2.46. The zero-order valence-corrected chi connectivity index (χ0v) is 18.7. The van der Waals surface area contributed by atoms with E-state index in [4.69, 9.17) is 9.52 Å². The highest BCUT2D eigenvalue weighted by Gasteiger charge is 2.54. The number of imide groups is 1. The van der Waals surface area contributed by atoms with E-state index in [2.05, 4.69) is 0 Å². The number of aliphatic hydroxyl groups excluding tert-OH is 4. The van der Waals surface area contributed by atoms with Crippen LogP contribution >= 0.6 is 0 Å². The van der Waals surface area contributed by atoms with Crippen LogP contribution in [0, 0.1) is 17.8 Å². The van der Waals surface area contributed by atoms with Gasteiger partial charge in [0.05, 0.1) is 31.2 Å². The second-order valence-corrected chi connectivity index (χ2v) is 8.68. The summed E-state index contributed by atoms with van der Waals surface area (Å²) < 4.78 is 5.46. The normalized spacial score (nSPS) is 25.0. The predicted octanol–water partition coefficient (Wildman–Crippen LogP) is 1.63. The molecule has 176 valence electrons. The van der Waals surface area contributed by atoms with Crippen molar-refractivity contribution in [2.75, 3.05) is 19.8 Å². The number of likely N-dealkylation sites (tertiary alicyclic amines) is 1. The number of hydrogen-bond acceptors (Lipinski definition) is 7. The number of amides is 2. The first-order chi connectivity index (χ1) is 15.4. The van der Waals surface area contributed by atoms with Gasteiger partial charge in [0.25, 0.3) is 0 Å². The lowest BCUT2D eigenvalue weighted by Gasteiger charge is -2.36. The predicted molar refractivity (Wildman–Crippen MR) is 117 cm³/mol. The summed E-state index contributed by atoms with van der Waals surface area (Å²) in [5.74, 6) is -1.45. The Morgan fingerprint density at radius 1 is 1.22 bits per heavy atom. The monoisotopic (exact) mass is 447 g/mol. The van der Waals surface area contributed by atoms with E-state index in [1.807, 2.05) is 19.9 Å². The third-order valence-corrected chi connectivity index (χ3v) is 6.51. The molecule has 0 radical (unpaired) electrons. The van der Waals surface area contributed by atoms with E-state index in [0.717, 1.165) is 5.57 Å². The number of hydrogen-bond donors (Lipinski definition) is 4. The summed E-state index contributed by atoms with van der Waals surface area (Å²) in [7, 11) is 0. The Morgan fingerprint density at radius 3 is 2.56 bits per heavy atom. The first kappa shape index (κ1) is 24.4. The van der Waals surface area contributed by atoms with Crippen LogP contribution in [0.1, 0.15) is 51.1 Å². The van der Waals surface area contributed by atoms with Crippen molar-refractivity contribution in [3.8, 4) is 0 Å². The number of carbonyl (C=O) groups is 2. The quantitative estimate of drug-likeness (QED) is 0.317. The molecule has 1 aliphatic heterocycles. The van der Waals surface area contributed by atoms with Crippen molar-refractivity contribution in [1.82, 2.24) is 4.90 Å². The van der Waals surface area contributed by atoms with Crippen molar-refractivity contribution in [1.29, 1.82) is 0 Å². The molecule has 1 aromatic heterocycles. The van der Waals surface area contributed by atoms with Gasteiger partial charge in [0.2, 0.25) is 11.8 Å². The van der Waals surface area contributed by atoms with E-state index in [1.54, 1.807) is 12.1 Å². The summed E-state index contributed by atoms with van der Waals surface area (Å²) in [4.78, 5) is 27.0. The van der Waals surface area contributed by atoms with Crippen molar-refractivity contribution >= 4 is 17.9 Å². The van der Waals surface area contributed by atoms with Crippen molar-refractivity contribution in [3.05, 3.63) is 40.4 Å². The molecule has 0 aromatic carbocycles. The van der Waals surface area contributed by atoms with E-state index >= 15 is 0 Å². The molecule has 4 N–H and O–H groups in total. The molecule has 2 aliphatic rings. The van der Waals surface area contributed by atoms with Gasteiger partial charge in [-0.05, 0) is 62.0 Å². The second-order valence-electron chi connectivity index (χ2n) is 8.68. The first-order valence-corrected chi connectivity index (χ1v) is 11.2. The van der Waals surface area contributed by atoms with E-state index in [-0.39, 0.29) is 38.1 Å². The van der Waals surface area contributed by atoms with E-state index in [9.17, 15) is 24.9 Å². The average Bonchev–Trinajstić information content (AvgIpc) is 3.34. The number of furan rings is 1. The number of allylic oxidation sites excluding steroid dienone is 1. The van der Waals surface area contributed by atoms with Crippen LogP contribution in [0.3, 0.4) is 0 Å². The van der Waals surface area contributed by atoms with Gasteiger partial charge in [-0.3, -0.25) is 14.5 Å². The number of carbonyl (C=O) groups excluding carboxylic acids is 2. The summed E-state index contributed by atoms with van der Waals surface area (Å²) in [6.45, 7) is 3.25. The molecule has 4 atom stereocenters. The molecule has 32 heavy (non-hydrogen) atoms. The van der Waals surface area contributed by atoms with E-state index in [0.29, 0.717) is 48.5 Å². The minimum Gasteiger partial charge on any atom is -0.459 e. The highest BCUT2D eigenvalue weighted by molar-refractivity contribution is 6.05. The molecular formula is C24H33NO7. The molecule has 8 heteroatoms. The molecule has 0 spiro atoms. The lowest BCUT2D eigenvalue weighted by atomic mass is 9.68. The third kappa shape index (κ3) is 4.73. The summed E-state index contributed by atoms with van der Waals surface area (Å²) >= 11 is 0. The fourth-order valence-corrected chi connectivity index (χ4v) is 5.01. The zero-order valence-electron chi connectivity index (χ0n) is 18.7. The topological polar surface area (TPSA) is 131 Å². The Balaban J connectivity index is 1.78. The van der Waals surface area contributed by atoms with Gasteiger partial charge in [-0.2, -0.15) is 0 Å². The van der Waals surface area contributed by atoms with Gasteiger partial charge >= 0.3 is 0 Å². The molecule has 1 aromatic rings. The van der Waals surface area contributed by atoms with Crippen LogP contribution in [0.5, 0.6) is 0 Å². The van der Waals surface area contributed by atoms with Gasteiger partial charge in [-0.1, -0.05) is 12.5 Å². The van der Waals surface area contributed by atoms with Crippen LogP contribution in [0.4, 0.5) is 0 Å². The smallest absolute Gasteiger partial charge is 0.233 e. The van der Waals surface area contributed by atoms with Crippen molar-refractivity contribution in [2.45, 2.75) is 52.2 Å². The SMILES string of the molecule is CCCN1C(=O)[C@@H]2[C@@H](CC(CO)=C([C@H](O)CC/C(C)=C/c3ccc(CO)o3)[C@@H]2CO)C1=O. The van der Waals surface area contributed by atoms with E-state index < -0.39 is 23.9 Å². The van der Waals surface area contributed by atoms with Crippen LogP contribution in [0.15, 0.2) is 33.3 Å². The molecule has 2 heterocycles. The maximum atomic E-state index is 13.0. The van der Waals surface area contributed by atoms with Gasteiger partial charge in [-0.25, -0.2) is 0 Å². The minimum absolute atomic E-state index is 0.175. The Morgan fingerprint density at radius 2 is 1.97 bits per heavy atom. The zero-order chi connectivity index (χ0) is 23.4. The maximum Gasteiger partial charge on any atom is 0.233 e. The first-order valence-electron chi connectivity index (χ1n) is 11.2. The van der Waals surface area contributed by atoms with Crippen LogP contribution in [0.2, 0.25) is 0 Å². The van der Waals surface area contributed by atoms with Crippen LogP contribution in [0.25, 0.3) is 6.08 Å². The Labute approximate surface area is 187 Å². The molecule has 0 bridgehead atoms. The summed E-state index contributed by atoms with van der Waals surface area (Å²) in [5, 5.41) is 40.2. The summed E-state index contributed by atoms with van der Waals surface area (Å²) in [5.41, 5.74) is 1.98. The fourth-order valence-electron chi connectivity index (χ4n) is 5.01. The molecule has 0 saturated carbocycles. The Kier molecular flexibility index (Phi) is 8.05. The molecule has 1 aliphatic carbocycles. The molecule has 1 fully saturated rings. The van der Waals surface area contributed by atoms with Crippen LogP contribution in [-0.2, 0) is 16.2 Å². The molecule has 0 unspecified atom stereocenters. The van der Waals surface area contributed by atoms with Crippen LogP contribution in [-0.4, -0.2) is 63.0 Å². The third-order valence-electron chi connectivity index (χ3n) is 6.51. The van der Waals surface area contributed by atoms with Gasteiger partial charge in [0.1, 0.15) is 18.1 Å². The molecule has 8 nitrogen and oxygen atoms in total. The second kappa shape index (κ2) is 10.6. The van der Waals surface area contributed by atoms with Gasteiger partial charge in [-0.15, -0.1) is 0 Å². The fraction of sp³-hybridized carbons (Fsp3) is 0.583. The number of nitrogens with zero attached hydrogens (tertiary/aromatic N) is 1. The number of aliphatic hydroxyl groups is 4. The molecular weight excluding hydrogens is 414 g/mol. The van der Waals surface area contributed by atoms with Crippen LogP contribution < -0.4 is 0 Å². The molecule has 2 amide bonds. The number of fused-ring (bicyclic) bond motifs is 1. The van der Waals surface area contributed by atoms with E-state index in [1.165, 1.54) is 4.90 Å². The van der Waals surface area contributed by atoms with Crippen molar-refractivity contribution < 1.29 is 34.4 Å². The van der Waals surface area contributed by atoms with Crippen molar-refractivity contribution in [3.63, 3.8) is 0 Å². The largest absolute Gasteiger partial charge is 0.459 e. The lowest BCUT2D eigenvalue weighted by Crippen LogP contribution is -2.39. The average molecular weight is 448 g/mol. The summed E-state index contributed by atoms with van der Waals surface area (Å²) in [6.07, 6.45) is 2.61. The van der Waals surface area contributed by atoms with Gasteiger partial charge < -0.3 is 24.8 Å². The number of rotatable bonds is 10. The molecule has 3 rings (SSSR count). The lowest BCUT2D eigenvalue weighted by molar-refractivity contribution is -0.140. The summed E-state index contributed by atoms with van der Waals surface area (Å²) in [6, 6.07) is 3.45.